The highest BCUT2D eigenvalue weighted by Gasteiger charge is 2.22. The zero-order chi connectivity index (χ0) is 20.5. The van der Waals surface area contributed by atoms with Gasteiger partial charge in [-0.25, -0.2) is 9.37 Å². The third-order valence-electron chi connectivity index (χ3n) is 4.89. The summed E-state index contributed by atoms with van der Waals surface area (Å²) in [5, 5.41) is 3.92. The first-order valence-electron chi connectivity index (χ1n) is 9.40. The van der Waals surface area contributed by atoms with Gasteiger partial charge in [-0.3, -0.25) is 14.2 Å². The molecular weight excluding hydrogens is 433 g/mol. The average molecular weight is 452 g/mol. The molecule has 0 atom stereocenters. The molecule has 0 fully saturated rings. The third-order valence-corrected chi connectivity index (χ3v) is 7.34. The first-order chi connectivity index (χ1) is 14.0. The normalized spacial score (nSPS) is 13.5. The topological polar surface area (TPSA) is 64.0 Å². The number of rotatable bonds is 5. The van der Waals surface area contributed by atoms with Gasteiger partial charge in [-0.05, 0) is 56.4 Å². The molecule has 2 heterocycles. The van der Waals surface area contributed by atoms with Crippen LogP contribution in [0.2, 0.25) is 5.02 Å². The summed E-state index contributed by atoms with van der Waals surface area (Å²) in [6.45, 7) is 2.39. The fourth-order valence-electron chi connectivity index (χ4n) is 3.51. The molecule has 1 aliphatic rings. The Labute approximate surface area is 180 Å². The van der Waals surface area contributed by atoms with E-state index in [-0.39, 0.29) is 22.2 Å². The molecule has 0 unspecified atom stereocenters. The van der Waals surface area contributed by atoms with Crippen LogP contribution in [0.25, 0.3) is 10.2 Å². The number of anilines is 1. The maximum absolute atomic E-state index is 13.3. The van der Waals surface area contributed by atoms with Crippen LogP contribution < -0.4 is 10.9 Å². The minimum atomic E-state index is -0.540. The Morgan fingerprint density at radius 2 is 2.17 bits per heavy atom. The highest BCUT2D eigenvalue weighted by molar-refractivity contribution is 7.99. The monoisotopic (exact) mass is 451 g/mol. The van der Waals surface area contributed by atoms with E-state index in [4.69, 9.17) is 16.6 Å². The number of halogens is 2. The van der Waals surface area contributed by atoms with Crippen LogP contribution in [-0.2, 0) is 24.2 Å². The number of nitrogens with zero attached hydrogens (tertiary/aromatic N) is 2. The van der Waals surface area contributed by atoms with E-state index in [1.807, 2.05) is 6.92 Å². The number of fused-ring (bicyclic) bond motifs is 3. The van der Waals surface area contributed by atoms with Crippen LogP contribution >= 0.6 is 34.7 Å². The highest BCUT2D eigenvalue weighted by Crippen LogP contribution is 2.34. The Bertz CT molecular complexity index is 1160. The zero-order valence-electron chi connectivity index (χ0n) is 15.8. The predicted octanol–water partition coefficient (Wildman–Crippen LogP) is 4.88. The van der Waals surface area contributed by atoms with Crippen molar-refractivity contribution >= 4 is 56.5 Å². The number of carbonyl (C=O) groups excluding carboxylic acids is 1. The number of carbonyl (C=O) groups is 1. The zero-order valence-corrected chi connectivity index (χ0v) is 18.1. The summed E-state index contributed by atoms with van der Waals surface area (Å²) in [6, 6.07) is 4.02. The molecule has 0 aliphatic heterocycles. The van der Waals surface area contributed by atoms with Crippen LogP contribution in [0.4, 0.5) is 10.1 Å². The van der Waals surface area contributed by atoms with Crippen molar-refractivity contribution in [3.8, 4) is 0 Å². The predicted molar refractivity (Wildman–Crippen MR) is 117 cm³/mol. The largest absolute Gasteiger partial charge is 0.325 e. The average Bonchev–Trinajstić information content (AvgIpc) is 3.08. The third kappa shape index (κ3) is 4.06. The second kappa shape index (κ2) is 8.45. The van der Waals surface area contributed by atoms with Crippen molar-refractivity contribution in [2.45, 2.75) is 44.3 Å². The second-order valence-electron chi connectivity index (χ2n) is 6.80. The molecule has 1 aliphatic carbocycles. The Balaban J connectivity index is 1.56. The van der Waals surface area contributed by atoms with E-state index in [1.54, 1.807) is 15.9 Å². The Hall–Kier alpha value is -1.90. The summed E-state index contributed by atoms with van der Waals surface area (Å²) in [5.74, 6) is -0.736. The van der Waals surface area contributed by atoms with E-state index in [9.17, 15) is 14.0 Å². The van der Waals surface area contributed by atoms with Crippen LogP contribution in [0.5, 0.6) is 0 Å². The summed E-state index contributed by atoms with van der Waals surface area (Å²) in [4.78, 5) is 32.1. The summed E-state index contributed by atoms with van der Waals surface area (Å²) < 4.78 is 14.9. The van der Waals surface area contributed by atoms with Crippen LogP contribution in [-0.4, -0.2) is 21.2 Å². The molecule has 152 valence electrons. The smallest absolute Gasteiger partial charge is 0.263 e. The molecule has 0 saturated carbocycles. The quantitative estimate of drug-likeness (QED) is 0.443. The molecule has 1 amide bonds. The van der Waals surface area contributed by atoms with Gasteiger partial charge in [-0.1, -0.05) is 23.4 Å². The summed E-state index contributed by atoms with van der Waals surface area (Å²) in [7, 11) is 0. The van der Waals surface area contributed by atoms with Crippen LogP contribution in [0.3, 0.4) is 0 Å². The molecular formula is C20H19ClFN3O2S2. The molecule has 0 spiro atoms. The van der Waals surface area contributed by atoms with Crippen molar-refractivity contribution in [3.05, 3.63) is 49.8 Å². The number of hydrogen-bond donors (Lipinski definition) is 1. The van der Waals surface area contributed by atoms with Crippen molar-refractivity contribution in [1.29, 1.82) is 0 Å². The number of hydrogen-bond acceptors (Lipinski definition) is 5. The molecule has 5 nitrogen and oxygen atoms in total. The van der Waals surface area contributed by atoms with E-state index in [2.05, 4.69) is 5.32 Å². The fourth-order valence-corrected chi connectivity index (χ4v) is 5.86. The lowest BCUT2D eigenvalue weighted by Crippen LogP contribution is -2.24. The van der Waals surface area contributed by atoms with Gasteiger partial charge in [0.1, 0.15) is 10.6 Å². The Morgan fingerprint density at radius 3 is 2.93 bits per heavy atom. The van der Waals surface area contributed by atoms with Crippen molar-refractivity contribution in [1.82, 2.24) is 9.55 Å². The molecule has 29 heavy (non-hydrogen) atoms. The Morgan fingerprint density at radius 1 is 1.38 bits per heavy atom. The fraction of sp³-hybridized carbons (Fsp3) is 0.350. The van der Waals surface area contributed by atoms with Crippen LogP contribution in [0.15, 0.2) is 28.2 Å². The molecule has 0 radical (unpaired) electrons. The van der Waals surface area contributed by atoms with Crippen LogP contribution in [0.1, 0.15) is 30.2 Å². The lowest BCUT2D eigenvalue weighted by molar-refractivity contribution is -0.113. The van der Waals surface area contributed by atoms with Crippen molar-refractivity contribution in [2.75, 3.05) is 11.1 Å². The van der Waals surface area contributed by atoms with Crippen molar-refractivity contribution in [2.24, 2.45) is 0 Å². The summed E-state index contributed by atoms with van der Waals surface area (Å²) >= 11 is 8.57. The van der Waals surface area contributed by atoms with E-state index in [0.717, 1.165) is 35.9 Å². The van der Waals surface area contributed by atoms with E-state index in [1.165, 1.54) is 40.4 Å². The maximum atomic E-state index is 13.3. The Kier molecular flexibility index (Phi) is 5.94. The number of amides is 1. The highest BCUT2D eigenvalue weighted by atomic mass is 35.5. The number of aromatic nitrogens is 2. The molecule has 1 N–H and O–H groups in total. The molecule has 9 heteroatoms. The lowest BCUT2D eigenvalue weighted by atomic mass is 9.97. The standard InChI is InChI=1S/C20H19ClFN3O2S2/c1-2-25-19(27)17-12-5-3-4-6-15(12)29-18(17)24-20(25)28-10-16(26)23-11-7-8-14(22)13(21)9-11/h7-9H,2-6,10H2,1H3,(H,23,26). The van der Waals surface area contributed by atoms with E-state index < -0.39 is 5.82 Å². The SMILES string of the molecule is CCn1c(SCC(=O)Nc2ccc(F)c(Cl)c2)nc2sc3c(c2c1=O)CCCC3. The second-order valence-corrected chi connectivity index (χ2v) is 9.23. The number of aryl methyl sites for hydroxylation is 2. The first kappa shape index (κ1) is 20.4. The number of thiophene rings is 1. The lowest BCUT2D eigenvalue weighted by Gasteiger charge is -2.12. The number of thioether (sulfide) groups is 1. The van der Waals surface area contributed by atoms with Gasteiger partial charge in [0.2, 0.25) is 5.91 Å². The van der Waals surface area contributed by atoms with Gasteiger partial charge in [0.05, 0.1) is 16.2 Å². The van der Waals surface area contributed by atoms with Gasteiger partial charge in [0.15, 0.2) is 5.16 Å². The van der Waals surface area contributed by atoms with Crippen molar-refractivity contribution in [3.63, 3.8) is 0 Å². The molecule has 2 aromatic heterocycles. The summed E-state index contributed by atoms with van der Waals surface area (Å²) in [5.41, 5.74) is 1.56. The number of nitrogens with one attached hydrogen (secondary N) is 1. The molecule has 0 saturated heterocycles. The molecule has 4 rings (SSSR count). The van der Waals surface area contributed by atoms with Crippen molar-refractivity contribution < 1.29 is 9.18 Å². The van der Waals surface area contributed by atoms with Gasteiger partial charge >= 0.3 is 0 Å². The van der Waals surface area contributed by atoms with Gasteiger partial charge in [-0.15, -0.1) is 11.3 Å². The molecule has 3 aromatic rings. The number of benzene rings is 1. The van der Waals surface area contributed by atoms with Gasteiger partial charge < -0.3 is 5.32 Å². The minimum absolute atomic E-state index is 0.0230. The van der Waals surface area contributed by atoms with Gasteiger partial charge in [0, 0.05) is 17.1 Å². The molecule has 1 aromatic carbocycles. The first-order valence-corrected chi connectivity index (χ1v) is 11.6. The molecule has 0 bridgehead atoms. The van der Waals surface area contributed by atoms with Gasteiger partial charge in [-0.2, -0.15) is 0 Å². The minimum Gasteiger partial charge on any atom is -0.325 e. The van der Waals surface area contributed by atoms with E-state index >= 15 is 0 Å². The summed E-state index contributed by atoms with van der Waals surface area (Å²) in [6.07, 6.45) is 4.20. The van der Waals surface area contributed by atoms with E-state index in [0.29, 0.717) is 17.4 Å². The van der Waals surface area contributed by atoms with Crippen LogP contribution in [0, 0.1) is 5.82 Å². The maximum Gasteiger partial charge on any atom is 0.263 e. The van der Waals surface area contributed by atoms with Gasteiger partial charge in [0.25, 0.3) is 5.56 Å².